The highest BCUT2D eigenvalue weighted by atomic mass is 19.4. The first-order valence-electron chi connectivity index (χ1n) is 11.3. The van der Waals surface area contributed by atoms with Gasteiger partial charge in [-0.25, -0.2) is 9.18 Å². The Morgan fingerprint density at radius 2 is 1.64 bits per heavy atom. The van der Waals surface area contributed by atoms with Crippen LogP contribution in [-0.2, 0) is 18.9 Å². The van der Waals surface area contributed by atoms with Crippen LogP contribution in [0.1, 0.15) is 53.1 Å². The van der Waals surface area contributed by atoms with Crippen molar-refractivity contribution in [2.75, 3.05) is 20.3 Å². The van der Waals surface area contributed by atoms with Crippen molar-refractivity contribution in [1.29, 1.82) is 0 Å². The monoisotopic (exact) mass is 522 g/mol. The van der Waals surface area contributed by atoms with E-state index in [2.05, 4.69) is 0 Å². The van der Waals surface area contributed by atoms with E-state index < -0.39 is 54.6 Å². The fraction of sp³-hybridized carbons (Fsp3) is 0.480. The molecule has 2 amide bonds. The number of alkyl halides is 7. The molecule has 0 radical (unpaired) electrons. The van der Waals surface area contributed by atoms with Crippen molar-refractivity contribution in [2.45, 2.75) is 51.1 Å². The number of nitrogens with zero attached hydrogens (tertiary/aromatic N) is 2. The Morgan fingerprint density at radius 1 is 1.03 bits per heavy atom. The topological polar surface area (TPSA) is 23.6 Å². The molecule has 0 bridgehead atoms. The zero-order valence-electron chi connectivity index (χ0n) is 19.7. The van der Waals surface area contributed by atoms with Gasteiger partial charge in [-0.1, -0.05) is 6.07 Å². The number of likely N-dealkylation sites (tertiary alicyclic amines) is 1. The van der Waals surface area contributed by atoms with Crippen LogP contribution in [-0.4, -0.2) is 36.1 Å². The summed E-state index contributed by atoms with van der Waals surface area (Å²) in [6, 6.07) is 4.16. The molecule has 1 fully saturated rings. The minimum absolute atomic E-state index is 0.0309. The van der Waals surface area contributed by atoms with Crippen LogP contribution in [0.15, 0.2) is 36.4 Å². The second-order valence-electron chi connectivity index (χ2n) is 9.13. The van der Waals surface area contributed by atoms with Gasteiger partial charge in [0.2, 0.25) is 0 Å². The van der Waals surface area contributed by atoms with E-state index in [-0.39, 0.29) is 24.1 Å². The third-order valence-corrected chi connectivity index (χ3v) is 6.46. The summed E-state index contributed by atoms with van der Waals surface area (Å²) in [6.07, 6.45) is -8.82. The van der Waals surface area contributed by atoms with E-state index in [0.717, 1.165) is 4.90 Å². The van der Waals surface area contributed by atoms with Crippen molar-refractivity contribution in [3.05, 3.63) is 70.0 Å². The van der Waals surface area contributed by atoms with E-state index in [1.54, 1.807) is 6.92 Å². The molecule has 2 unspecified atom stereocenters. The number of hydrogen-bond acceptors (Lipinski definition) is 1. The lowest BCUT2D eigenvalue weighted by Gasteiger charge is -2.42. The predicted molar refractivity (Wildman–Crippen MR) is 117 cm³/mol. The first kappa shape index (κ1) is 27.7. The maximum absolute atomic E-state index is 13.7. The van der Waals surface area contributed by atoms with Crippen LogP contribution in [0.4, 0.5) is 39.9 Å². The van der Waals surface area contributed by atoms with Gasteiger partial charge in [-0.3, -0.25) is 4.39 Å². The number of piperidine rings is 1. The van der Waals surface area contributed by atoms with Crippen molar-refractivity contribution >= 4 is 6.03 Å². The molecular weight excluding hydrogens is 496 g/mol. The molecule has 11 heteroatoms. The van der Waals surface area contributed by atoms with Crippen LogP contribution in [0, 0.1) is 18.7 Å². The maximum atomic E-state index is 13.7. The molecule has 198 valence electrons. The highest BCUT2D eigenvalue weighted by Crippen LogP contribution is 2.39. The standard InChI is InChI=1S/C25H26F8N2O/c1-15-9-20(27)3-4-21(15)22-12-16(5-7-26)6-8-35(22)23(36)34(2)14-17-10-18(24(28,29)30)13-19(11-17)25(31,32)33/h3-4,9-11,13,16,22H,5-8,12,14H2,1-2H3. The molecule has 0 aliphatic carbocycles. The van der Waals surface area contributed by atoms with Gasteiger partial charge in [0.1, 0.15) is 5.82 Å². The zero-order chi connectivity index (χ0) is 26.8. The quantitative estimate of drug-likeness (QED) is 0.372. The zero-order valence-corrected chi connectivity index (χ0v) is 19.7. The molecular formula is C25H26F8N2O. The number of benzene rings is 2. The lowest BCUT2D eigenvalue weighted by Crippen LogP contribution is -2.47. The van der Waals surface area contributed by atoms with E-state index in [0.29, 0.717) is 42.5 Å². The minimum Gasteiger partial charge on any atom is -0.323 e. The smallest absolute Gasteiger partial charge is 0.323 e. The van der Waals surface area contributed by atoms with Gasteiger partial charge in [-0.15, -0.1) is 0 Å². The van der Waals surface area contributed by atoms with E-state index >= 15 is 0 Å². The summed E-state index contributed by atoms with van der Waals surface area (Å²) in [5, 5.41) is 0. The predicted octanol–water partition coefficient (Wildman–Crippen LogP) is 7.54. The fourth-order valence-electron chi connectivity index (χ4n) is 4.66. The summed E-state index contributed by atoms with van der Waals surface area (Å²) in [6.45, 7) is 0.854. The van der Waals surface area contributed by atoms with Crippen molar-refractivity contribution in [2.24, 2.45) is 5.92 Å². The molecule has 0 N–H and O–H groups in total. The summed E-state index contributed by atoms with van der Waals surface area (Å²) in [5.74, 6) is -0.496. The van der Waals surface area contributed by atoms with E-state index in [9.17, 15) is 39.9 Å². The number of hydrogen-bond donors (Lipinski definition) is 0. The molecule has 0 aromatic heterocycles. The van der Waals surface area contributed by atoms with Gasteiger partial charge in [-0.05, 0) is 79.1 Å². The SMILES string of the molecule is Cc1cc(F)ccc1C1CC(CCF)CCN1C(=O)N(C)Cc1cc(C(F)(F)F)cc(C(F)(F)F)c1. The summed E-state index contributed by atoms with van der Waals surface area (Å²) in [4.78, 5) is 15.9. The molecule has 1 saturated heterocycles. The summed E-state index contributed by atoms with van der Waals surface area (Å²) >= 11 is 0. The Kier molecular flexibility index (Phi) is 8.20. The second-order valence-corrected chi connectivity index (χ2v) is 9.13. The molecule has 36 heavy (non-hydrogen) atoms. The molecule has 2 aromatic rings. The summed E-state index contributed by atoms with van der Waals surface area (Å²) in [5.41, 5.74) is -2.01. The Bertz CT molecular complexity index is 1050. The third-order valence-electron chi connectivity index (χ3n) is 6.46. The maximum Gasteiger partial charge on any atom is 0.416 e. The largest absolute Gasteiger partial charge is 0.416 e. The molecule has 1 aliphatic heterocycles. The van der Waals surface area contributed by atoms with Gasteiger partial charge >= 0.3 is 18.4 Å². The van der Waals surface area contributed by atoms with Gasteiger partial charge in [-0.2, -0.15) is 26.3 Å². The Hall–Kier alpha value is -2.85. The van der Waals surface area contributed by atoms with Gasteiger partial charge in [0.05, 0.1) is 23.8 Å². The Labute approximate surface area is 203 Å². The third kappa shape index (κ3) is 6.47. The second kappa shape index (κ2) is 10.6. The van der Waals surface area contributed by atoms with Crippen LogP contribution < -0.4 is 0 Å². The molecule has 0 spiro atoms. The lowest BCUT2D eigenvalue weighted by molar-refractivity contribution is -0.143. The van der Waals surface area contributed by atoms with Crippen molar-refractivity contribution in [3.8, 4) is 0 Å². The van der Waals surface area contributed by atoms with Crippen molar-refractivity contribution < 1.29 is 39.9 Å². The number of carbonyl (C=O) groups excluding carboxylic acids is 1. The van der Waals surface area contributed by atoms with Crippen LogP contribution in [0.2, 0.25) is 0 Å². The average molecular weight is 522 g/mol. The lowest BCUT2D eigenvalue weighted by atomic mass is 9.84. The van der Waals surface area contributed by atoms with Gasteiger partial charge < -0.3 is 9.80 Å². The summed E-state index contributed by atoms with van der Waals surface area (Å²) < 4.78 is 106. The van der Waals surface area contributed by atoms with E-state index in [1.165, 1.54) is 30.1 Å². The average Bonchev–Trinajstić information content (AvgIpc) is 2.77. The number of amides is 2. The number of urea groups is 1. The number of halogens is 8. The molecule has 2 aromatic carbocycles. The van der Waals surface area contributed by atoms with Crippen LogP contribution in [0.3, 0.4) is 0 Å². The minimum atomic E-state index is -5.00. The first-order chi connectivity index (χ1) is 16.7. The van der Waals surface area contributed by atoms with Gasteiger partial charge in [0.25, 0.3) is 0 Å². The molecule has 2 atom stereocenters. The molecule has 1 heterocycles. The molecule has 0 saturated carbocycles. The van der Waals surface area contributed by atoms with Crippen LogP contribution in [0.25, 0.3) is 0 Å². The molecule has 3 rings (SSSR count). The number of rotatable bonds is 5. The fourth-order valence-corrected chi connectivity index (χ4v) is 4.66. The number of aryl methyl sites for hydroxylation is 1. The highest BCUT2D eigenvalue weighted by molar-refractivity contribution is 5.75. The highest BCUT2D eigenvalue weighted by Gasteiger charge is 2.38. The Balaban J connectivity index is 1.90. The van der Waals surface area contributed by atoms with Crippen molar-refractivity contribution in [3.63, 3.8) is 0 Å². The first-order valence-corrected chi connectivity index (χ1v) is 11.3. The summed E-state index contributed by atoms with van der Waals surface area (Å²) in [7, 11) is 1.29. The van der Waals surface area contributed by atoms with E-state index in [4.69, 9.17) is 0 Å². The van der Waals surface area contributed by atoms with Crippen LogP contribution in [0.5, 0.6) is 0 Å². The number of carbonyl (C=O) groups is 1. The normalized spacial score (nSPS) is 18.9. The van der Waals surface area contributed by atoms with Gasteiger partial charge in [0.15, 0.2) is 0 Å². The van der Waals surface area contributed by atoms with Crippen LogP contribution >= 0.6 is 0 Å². The Morgan fingerprint density at radius 3 is 2.17 bits per heavy atom. The van der Waals surface area contributed by atoms with Gasteiger partial charge in [0, 0.05) is 20.1 Å². The van der Waals surface area contributed by atoms with Crippen molar-refractivity contribution in [1.82, 2.24) is 9.80 Å². The van der Waals surface area contributed by atoms with E-state index in [1.807, 2.05) is 0 Å². The molecule has 1 aliphatic rings. The molecule has 3 nitrogen and oxygen atoms in total.